The van der Waals surface area contributed by atoms with Crippen molar-refractivity contribution in [1.82, 2.24) is 4.90 Å². The number of fused-ring (bicyclic) bond motifs is 1. The van der Waals surface area contributed by atoms with Crippen molar-refractivity contribution in [3.05, 3.63) is 59.7 Å². The average Bonchev–Trinajstić information content (AvgIpc) is 3.18. The molecule has 0 N–H and O–H groups in total. The zero-order valence-electron chi connectivity index (χ0n) is 16.9. The van der Waals surface area contributed by atoms with Gasteiger partial charge < -0.3 is 19.3 Å². The minimum Gasteiger partial charge on any atom is -0.497 e. The highest BCUT2D eigenvalue weighted by atomic mass is 16.5. The van der Waals surface area contributed by atoms with E-state index in [1.807, 2.05) is 18.2 Å². The lowest BCUT2D eigenvalue weighted by Gasteiger charge is -2.28. The molecule has 0 radical (unpaired) electrons. The van der Waals surface area contributed by atoms with Gasteiger partial charge in [-0.05, 0) is 29.7 Å². The van der Waals surface area contributed by atoms with Crippen LogP contribution in [0, 0.1) is 5.92 Å². The van der Waals surface area contributed by atoms with Crippen molar-refractivity contribution < 1.29 is 23.9 Å². The van der Waals surface area contributed by atoms with E-state index in [1.165, 1.54) is 5.56 Å². The second-order valence-electron chi connectivity index (χ2n) is 7.55. The van der Waals surface area contributed by atoms with Crippen LogP contribution in [0.1, 0.15) is 17.5 Å². The third-order valence-electron chi connectivity index (χ3n) is 5.64. The first-order valence-corrected chi connectivity index (χ1v) is 10.0. The molecule has 0 aromatic heterocycles. The Morgan fingerprint density at radius 3 is 2.70 bits per heavy atom. The number of methoxy groups -OCH3 is 1. The number of nitrogens with zero attached hydrogens (tertiary/aromatic N) is 2. The number of carbonyl (C=O) groups excluding carboxylic acids is 3. The first-order chi connectivity index (χ1) is 14.5. The van der Waals surface area contributed by atoms with Gasteiger partial charge in [0, 0.05) is 37.8 Å². The van der Waals surface area contributed by atoms with Crippen molar-refractivity contribution in [3.63, 3.8) is 0 Å². The molecule has 0 saturated carbocycles. The van der Waals surface area contributed by atoms with Gasteiger partial charge in [-0.25, -0.2) is 0 Å². The number of rotatable bonds is 5. The normalized spacial score (nSPS) is 18.2. The minimum atomic E-state index is -0.585. The van der Waals surface area contributed by atoms with E-state index >= 15 is 0 Å². The zero-order chi connectivity index (χ0) is 21.1. The molecule has 2 heterocycles. The van der Waals surface area contributed by atoms with Crippen molar-refractivity contribution in [3.8, 4) is 5.75 Å². The molecule has 1 saturated heterocycles. The van der Waals surface area contributed by atoms with Crippen molar-refractivity contribution in [2.24, 2.45) is 5.92 Å². The molecule has 0 bridgehead atoms. The fraction of sp³-hybridized carbons (Fsp3) is 0.348. The standard InChI is InChI=1S/C23H24N2O5/c1-29-20-8-4-7-19(12-20)25-14-18(11-21(25)26)23(28)30-15-22(27)24-10-9-16-5-2-3-6-17(16)13-24/h2-8,12,18H,9-11,13-15H2,1H3. The Hall–Kier alpha value is -3.35. The highest BCUT2D eigenvalue weighted by molar-refractivity contribution is 5.99. The lowest BCUT2D eigenvalue weighted by molar-refractivity contribution is -0.155. The van der Waals surface area contributed by atoms with Gasteiger partial charge >= 0.3 is 5.97 Å². The molecule has 2 aromatic carbocycles. The molecule has 0 aliphatic carbocycles. The Balaban J connectivity index is 1.31. The van der Waals surface area contributed by atoms with Crippen LogP contribution in [-0.4, -0.2) is 49.5 Å². The molecule has 0 spiro atoms. The smallest absolute Gasteiger partial charge is 0.311 e. The third-order valence-corrected chi connectivity index (χ3v) is 5.64. The molecule has 2 aliphatic heterocycles. The fourth-order valence-electron chi connectivity index (χ4n) is 3.94. The topological polar surface area (TPSA) is 76.2 Å². The van der Waals surface area contributed by atoms with Crippen LogP contribution in [0.5, 0.6) is 5.75 Å². The second-order valence-corrected chi connectivity index (χ2v) is 7.55. The van der Waals surface area contributed by atoms with Crippen LogP contribution < -0.4 is 9.64 Å². The van der Waals surface area contributed by atoms with Crippen LogP contribution in [0.2, 0.25) is 0 Å². The molecule has 1 atom stereocenters. The summed E-state index contributed by atoms with van der Waals surface area (Å²) in [6.45, 7) is 1.07. The second kappa shape index (κ2) is 8.57. The van der Waals surface area contributed by atoms with Crippen molar-refractivity contribution >= 4 is 23.5 Å². The first kappa shape index (κ1) is 19.9. The van der Waals surface area contributed by atoms with Gasteiger partial charge in [0.05, 0.1) is 13.0 Å². The molecule has 1 fully saturated rings. The largest absolute Gasteiger partial charge is 0.497 e. The van der Waals surface area contributed by atoms with Gasteiger partial charge in [-0.15, -0.1) is 0 Å². The van der Waals surface area contributed by atoms with E-state index in [1.54, 1.807) is 41.2 Å². The number of ether oxygens (including phenoxy) is 2. The maximum Gasteiger partial charge on any atom is 0.311 e. The Kier molecular flexibility index (Phi) is 5.70. The Morgan fingerprint density at radius 1 is 1.10 bits per heavy atom. The summed E-state index contributed by atoms with van der Waals surface area (Å²) in [5, 5.41) is 0. The molecular formula is C23H24N2O5. The summed E-state index contributed by atoms with van der Waals surface area (Å²) in [4.78, 5) is 40.6. The van der Waals surface area contributed by atoms with Crippen molar-refractivity contribution in [2.45, 2.75) is 19.4 Å². The molecular weight excluding hydrogens is 384 g/mol. The Bertz CT molecular complexity index is 974. The van der Waals surface area contributed by atoms with Crippen molar-refractivity contribution in [2.75, 3.05) is 31.7 Å². The third kappa shape index (κ3) is 4.15. The summed E-state index contributed by atoms with van der Waals surface area (Å²) in [6, 6.07) is 15.2. The van der Waals surface area contributed by atoms with E-state index < -0.39 is 11.9 Å². The van der Waals surface area contributed by atoms with Gasteiger partial charge in [0.15, 0.2) is 6.61 Å². The van der Waals surface area contributed by atoms with E-state index in [4.69, 9.17) is 9.47 Å². The number of benzene rings is 2. The van der Waals surface area contributed by atoms with E-state index in [0.717, 1.165) is 12.0 Å². The van der Waals surface area contributed by atoms with Gasteiger partial charge in [-0.3, -0.25) is 14.4 Å². The van der Waals surface area contributed by atoms with Crippen LogP contribution in [0.4, 0.5) is 5.69 Å². The monoisotopic (exact) mass is 408 g/mol. The summed E-state index contributed by atoms with van der Waals surface area (Å²) in [5.41, 5.74) is 3.05. The number of anilines is 1. The lowest BCUT2D eigenvalue weighted by atomic mass is 10.00. The number of hydrogen-bond acceptors (Lipinski definition) is 5. The van der Waals surface area contributed by atoms with Crippen molar-refractivity contribution in [1.29, 1.82) is 0 Å². The fourth-order valence-corrected chi connectivity index (χ4v) is 3.94. The Labute approximate surface area is 175 Å². The van der Waals surface area contributed by atoms with E-state index in [-0.39, 0.29) is 31.4 Å². The van der Waals surface area contributed by atoms with Gasteiger partial charge in [0.25, 0.3) is 5.91 Å². The molecule has 7 heteroatoms. The van der Waals surface area contributed by atoms with E-state index in [2.05, 4.69) is 6.07 Å². The van der Waals surface area contributed by atoms with E-state index in [9.17, 15) is 14.4 Å². The molecule has 2 aliphatic rings. The quantitative estimate of drug-likeness (QED) is 0.709. The number of amides is 2. The number of esters is 1. The van der Waals surface area contributed by atoms with Gasteiger partial charge in [0.2, 0.25) is 5.91 Å². The molecule has 7 nitrogen and oxygen atoms in total. The van der Waals surface area contributed by atoms with Crippen LogP contribution in [0.15, 0.2) is 48.5 Å². The van der Waals surface area contributed by atoms with Crippen LogP contribution in [0.25, 0.3) is 0 Å². The highest BCUT2D eigenvalue weighted by Crippen LogP contribution is 2.28. The van der Waals surface area contributed by atoms with Crippen LogP contribution in [0.3, 0.4) is 0 Å². The zero-order valence-corrected chi connectivity index (χ0v) is 16.9. The predicted molar refractivity (Wildman–Crippen MR) is 110 cm³/mol. The summed E-state index contributed by atoms with van der Waals surface area (Å²) < 4.78 is 10.5. The first-order valence-electron chi connectivity index (χ1n) is 10.0. The van der Waals surface area contributed by atoms with Crippen LogP contribution >= 0.6 is 0 Å². The summed E-state index contributed by atoms with van der Waals surface area (Å²) >= 11 is 0. The molecule has 1 unspecified atom stereocenters. The molecule has 156 valence electrons. The van der Waals surface area contributed by atoms with Gasteiger partial charge in [0.1, 0.15) is 5.75 Å². The Morgan fingerprint density at radius 2 is 1.90 bits per heavy atom. The number of carbonyl (C=O) groups is 3. The average molecular weight is 408 g/mol. The minimum absolute atomic E-state index is 0.0708. The summed E-state index contributed by atoms with van der Waals surface area (Å²) in [7, 11) is 1.56. The number of hydrogen-bond donors (Lipinski definition) is 0. The van der Waals surface area contributed by atoms with Crippen LogP contribution in [-0.2, 0) is 32.1 Å². The molecule has 2 amide bonds. The maximum atomic E-state index is 12.5. The highest BCUT2D eigenvalue weighted by Gasteiger charge is 2.36. The van der Waals surface area contributed by atoms with Gasteiger partial charge in [-0.1, -0.05) is 30.3 Å². The SMILES string of the molecule is COc1cccc(N2CC(C(=O)OCC(=O)N3CCc4ccccc4C3)CC2=O)c1. The molecule has 4 rings (SSSR count). The lowest BCUT2D eigenvalue weighted by Crippen LogP contribution is -2.39. The molecule has 30 heavy (non-hydrogen) atoms. The maximum absolute atomic E-state index is 12.5. The summed E-state index contributed by atoms with van der Waals surface area (Å²) in [6.07, 6.45) is 0.865. The predicted octanol–water partition coefficient (Wildman–Crippen LogP) is 2.18. The molecule has 2 aromatic rings. The van der Waals surface area contributed by atoms with Gasteiger partial charge in [-0.2, -0.15) is 0 Å². The van der Waals surface area contributed by atoms with E-state index in [0.29, 0.717) is 24.5 Å². The summed E-state index contributed by atoms with van der Waals surface area (Å²) in [5.74, 6) is -0.825.